The van der Waals surface area contributed by atoms with Crippen molar-refractivity contribution in [2.75, 3.05) is 27.4 Å². The van der Waals surface area contributed by atoms with Crippen LogP contribution in [0.5, 0.6) is 0 Å². The smallest absolute Gasteiger partial charge is 0.468 e. The molecule has 0 rings (SSSR count). The first kappa shape index (κ1) is 25.6. The third kappa shape index (κ3) is 12.5. The molecule has 0 atom stereocenters. The van der Waals surface area contributed by atoms with E-state index >= 15 is 0 Å². The minimum absolute atomic E-state index is 0.00107. The molecule has 154 valence electrons. The first-order chi connectivity index (χ1) is 12.5. The van der Waals surface area contributed by atoms with Gasteiger partial charge in [-0.25, -0.2) is 4.79 Å². The van der Waals surface area contributed by atoms with E-state index in [1.54, 1.807) is 13.0 Å². The van der Waals surface area contributed by atoms with Crippen LogP contribution in [0, 0.1) is 5.92 Å². The number of carbonyl (C=O) groups is 3. The fourth-order valence-corrected chi connectivity index (χ4v) is 1.96. The number of carbonyl (C=O) groups excluding carboxylic acids is 3. The van der Waals surface area contributed by atoms with Crippen LogP contribution >= 0.6 is 34.8 Å². The van der Waals surface area contributed by atoms with Gasteiger partial charge in [0.1, 0.15) is 13.2 Å². The highest BCUT2D eigenvalue weighted by atomic mass is 35.6. The predicted molar refractivity (Wildman–Crippen MR) is 102 cm³/mol. The molecule has 0 saturated heterocycles. The topological polar surface area (TPSA) is 88.1 Å². The zero-order chi connectivity index (χ0) is 21.0. The van der Waals surface area contributed by atoms with Crippen molar-refractivity contribution in [1.82, 2.24) is 0 Å². The Balaban J connectivity index is 4.32. The van der Waals surface area contributed by atoms with E-state index in [0.29, 0.717) is 12.8 Å². The van der Waals surface area contributed by atoms with Crippen molar-refractivity contribution >= 4 is 52.9 Å². The number of methoxy groups -OCH3 is 2. The molecular formula is C17H23Cl3O7. The molecule has 0 N–H and O–H groups in total. The van der Waals surface area contributed by atoms with Gasteiger partial charge >= 0.3 is 18.1 Å². The van der Waals surface area contributed by atoms with Crippen LogP contribution in [-0.4, -0.2) is 49.3 Å². The van der Waals surface area contributed by atoms with Crippen molar-refractivity contribution < 1.29 is 33.3 Å². The number of halogens is 3. The lowest BCUT2D eigenvalue weighted by Crippen LogP contribution is -2.26. The largest absolute Gasteiger partial charge is 0.508 e. The van der Waals surface area contributed by atoms with Gasteiger partial charge in [0.15, 0.2) is 5.92 Å². The van der Waals surface area contributed by atoms with E-state index in [4.69, 9.17) is 39.5 Å². The van der Waals surface area contributed by atoms with Crippen LogP contribution in [0.4, 0.5) is 4.79 Å². The molecule has 27 heavy (non-hydrogen) atoms. The molecule has 0 heterocycles. The Bertz CT molecular complexity index is 551. The predicted octanol–water partition coefficient (Wildman–Crippen LogP) is 4.14. The van der Waals surface area contributed by atoms with E-state index in [1.165, 1.54) is 14.2 Å². The summed E-state index contributed by atoms with van der Waals surface area (Å²) in [5.74, 6) is -2.29. The molecule has 0 bridgehead atoms. The number of hydrogen-bond acceptors (Lipinski definition) is 7. The van der Waals surface area contributed by atoms with Crippen molar-refractivity contribution in [3.63, 3.8) is 0 Å². The number of ether oxygens (including phenoxy) is 4. The molecule has 0 aromatic rings. The Morgan fingerprint density at radius 1 is 1.07 bits per heavy atom. The van der Waals surface area contributed by atoms with E-state index in [9.17, 15) is 14.4 Å². The lowest BCUT2D eigenvalue weighted by molar-refractivity contribution is -0.159. The highest BCUT2D eigenvalue weighted by Crippen LogP contribution is 2.26. The molecule has 0 aliphatic rings. The van der Waals surface area contributed by atoms with Gasteiger partial charge in [-0.1, -0.05) is 53.0 Å². The lowest BCUT2D eigenvalue weighted by Gasteiger charge is -2.13. The van der Waals surface area contributed by atoms with E-state index in [1.807, 2.05) is 0 Å². The summed E-state index contributed by atoms with van der Waals surface area (Å²) in [6.07, 6.45) is 1.98. The summed E-state index contributed by atoms with van der Waals surface area (Å²) < 4.78 is 17.0. The molecule has 0 aromatic heterocycles. The van der Waals surface area contributed by atoms with Crippen LogP contribution in [0.25, 0.3) is 0 Å². The average molecular weight is 446 g/mol. The van der Waals surface area contributed by atoms with E-state index < -0.39 is 34.4 Å². The van der Waals surface area contributed by atoms with E-state index in [0.717, 1.165) is 11.1 Å². The average Bonchev–Trinajstić information content (AvgIpc) is 2.61. The van der Waals surface area contributed by atoms with Crippen molar-refractivity contribution in [2.24, 2.45) is 5.92 Å². The van der Waals surface area contributed by atoms with Gasteiger partial charge < -0.3 is 18.9 Å². The molecule has 0 fully saturated rings. The Morgan fingerprint density at radius 2 is 1.63 bits per heavy atom. The maximum atomic E-state index is 11.6. The van der Waals surface area contributed by atoms with Crippen LogP contribution < -0.4 is 0 Å². The Kier molecular flexibility index (Phi) is 12.2. The Morgan fingerprint density at radius 3 is 2.11 bits per heavy atom. The number of hydrogen-bond donors (Lipinski definition) is 0. The highest BCUT2D eigenvalue weighted by Gasteiger charge is 2.28. The molecule has 0 spiro atoms. The molecular weight excluding hydrogens is 423 g/mol. The first-order valence-electron chi connectivity index (χ1n) is 7.84. The molecule has 0 radical (unpaired) electrons. The van der Waals surface area contributed by atoms with E-state index in [-0.39, 0.29) is 13.0 Å². The maximum absolute atomic E-state index is 11.6. The van der Waals surface area contributed by atoms with Gasteiger partial charge in [0.05, 0.1) is 14.2 Å². The standard InChI is InChI=1S/C17H23Cl3O7/c1-11(7-8-13(14(21)24-3)15(22)25-4)5-6-12(2)9-26-16(23)27-10-17(18,19)20/h6,13H,1,5,7-10H2,2-4H3/b12-6+. The minimum atomic E-state index is -1.70. The maximum Gasteiger partial charge on any atom is 0.508 e. The second kappa shape index (κ2) is 12.9. The van der Waals surface area contributed by atoms with Crippen LogP contribution in [-0.2, 0) is 28.5 Å². The molecule has 0 aliphatic heterocycles. The molecule has 0 unspecified atom stereocenters. The second-order valence-corrected chi connectivity index (χ2v) is 8.10. The summed E-state index contributed by atoms with van der Waals surface area (Å²) in [6.45, 7) is 5.23. The second-order valence-electron chi connectivity index (χ2n) is 5.58. The molecule has 0 saturated carbocycles. The Labute approximate surface area is 173 Å². The van der Waals surface area contributed by atoms with E-state index in [2.05, 4.69) is 20.8 Å². The summed E-state index contributed by atoms with van der Waals surface area (Å²) in [5, 5.41) is 0. The molecule has 7 nitrogen and oxygen atoms in total. The Hall–Kier alpha value is -1.44. The fourth-order valence-electron chi connectivity index (χ4n) is 1.80. The van der Waals surface area contributed by atoms with Crippen LogP contribution in [0.3, 0.4) is 0 Å². The van der Waals surface area contributed by atoms with Gasteiger partial charge in [0.2, 0.25) is 3.79 Å². The molecule has 0 aromatic carbocycles. The molecule has 10 heteroatoms. The number of rotatable bonds is 10. The zero-order valence-electron chi connectivity index (χ0n) is 15.4. The zero-order valence-corrected chi connectivity index (χ0v) is 17.7. The molecule has 0 aliphatic carbocycles. The van der Waals surface area contributed by atoms with Crippen molar-refractivity contribution in [3.05, 3.63) is 23.8 Å². The van der Waals surface area contributed by atoms with Gasteiger partial charge in [0.25, 0.3) is 0 Å². The van der Waals surface area contributed by atoms with Gasteiger partial charge in [-0.15, -0.1) is 0 Å². The minimum Gasteiger partial charge on any atom is -0.468 e. The SMILES string of the molecule is C=C(C/C=C(\C)COC(=O)OCC(Cl)(Cl)Cl)CCC(C(=O)OC)C(=O)OC. The first-order valence-corrected chi connectivity index (χ1v) is 8.97. The van der Waals surface area contributed by atoms with Crippen LogP contribution in [0.1, 0.15) is 26.2 Å². The van der Waals surface area contributed by atoms with Gasteiger partial charge in [0, 0.05) is 0 Å². The quantitative estimate of drug-likeness (QED) is 0.164. The summed E-state index contributed by atoms with van der Waals surface area (Å²) >= 11 is 16.4. The van der Waals surface area contributed by atoms with Crippen molar-refractivity contribution in [3.8, 4) is 0 Å². The summed E-state index contributed by atoms with van der Waals surface area (Å²) in [6, 6.07) is 0. The van der Waals surface area contributed by atoms with Gasteiger partial charge in [-0.05, 0) is 31.8 Å². The third-order valence-electron chi connectivity index (χ3n) is 3.27. The normalized spacial score (nSPS) is 11.7. The summed E-state index contributed by atoms with van der Waals surface area (Å²) in [5.41, 5.74) is 1.53. The number of esters is 2. The third-order valence-corrected chi connectivity index (χ3v) is 3.60. The van der Waals surface area contributed by atoms with Crippen molar-refractivity contribution in [1.29, 1.82) is 0 Å². The summed E-state index contributed by atoms with van der Waals surface area (Å²) in [7, 11) is 2.41. The summed E-state index contributed by atoms with van der Waals surface area (Å²) in [4.78, 5) is 34.6. The monoisotopic (exact) mass is 444 g/mol. The lowest BCUT2D eigenvalue weighted by atomic mass is 9.98. The van der Waals surface area contributed by atoms with Crippen molar-refractivity contribution in [2.45, 2.75) is 30.0 Å². The molecule has 0 amide bonds. The van der Waals surface area contributed by atoms with Crippen LogP contribution in [0.2, 0.25) is 0 Å². The van der Waals surface area contributed by atoms with Gasteiger partial charge in [-0.3, -0.25) is 9.59 Å². The highest BCUT2D eigenvalue weighted by molar-refractivity contribution is 6.67. The fraction of sp³-hybridized carbons (Fsp3) is 0.588. The van der Waals surface area contributed by atoms with Crippen LogP contribution in [0.15, 0.2) is 23.8 Å². The van der Waals surface area contributed by atoms with Gasteiger partial charge in [-0.2, -0.15) is 0 Å². The number of alkyl halides is 3. The number of allylic oxidation sites excluding steroid dienone is 2.